The minimum absolute atomic E-state index is 0.112. The molecule has 1 aliphatic carbocycles. The topological polar surface area (TPSA) is 78.4 Å². The minimum Gasteiger partial charge on any atom is -0.480 e. The van der Waals surface area contributed by atoms with E-state index in [2.05, 4.69) is 24.5 Å². The molecule has 0 aliphatic heterocycles. The number of hydrogen-bond donors (Lipinski definition) is 3. The maximum absolute atomic E-state index is 11.3. The first-order valence-electron chi connectivity index (χ1n) is 5.18. The molecule has 0 bridgehead atoms. The summed E-state index contributed by atoms with van der Waals surface area (Å²) in [7, 11) is 0. The number of hydrogen-bond acceptors (Lipinski definition) is 2. The SMILES string of the molecule is CC1(C)CCCC1NC(=O)NCC(=O)O. The van der Waals surface area contributed by atoms with Gasteiger partial charge in [-0.2, -0.15) is 0 Å². The van der Waals surface area contributed by atoms with Crippen LogP contribution in [0.3, 0.4) is 0 Å². The first-order valence-corrected chi connectivity index (χ1v) is 5.18. The molecule has 0 aromatic heterocycles. The summed E-state index contributed by atoms with van der Waals surface area (Å²) in [6.45, 7) is 3.89. The van der Waals surface area contributed by atoms with E-state index in [-0.39, 0.29) is 18.0 Å². The van der Waals surface area contributed by atoms with E-state index < -0.39 is 12.0 Å². The Balaban J connectivity index is 2.35. The van der Waals surface area contributed by atoms with Gasteiger partial charge in [0.1, 0.15) is 6.54 Å². The summed E-state index contributed by atoms with van der Waals surface area (Å²) in [4.78, 5) is 21.5. The van der Waals surface area contributed by atoms with Crippen LogP contribution < -0.4 is 10.6 Å². The van der Waals surface area contributed by atoms with Crippen molar-refractivity contribution in [1.29, 1.82) is 0 Å². The highest BCUT2D eigenvalue weighted by Gasteiger charge is 2.35. The Bertz CT molecular complexity index is 263. The van der Waals surface area contributed by atoms with E-state index in [9.17, 15) is 9.59 Å². The third-order valence-corrected chi connectivity index (χ3v) is 2.96. The zero-order valence-corrected chi connectivity index (χ0v) is 9.17. The van der Waals surface area contributed by atoms with Gasteiger partial charge in [-0.05, 0) is 18.3 Å². The fourth-order valence-electron chi connectivity index (χ4n) is 1.96. The lowest BCUT2D eigenvalue weighted by Crippen LogP contribution is -2.47. The molecule has 1 rings (SSSR count). The number of carbonyl (C=O) groups excluding carboxylic acids is 1. The van der Waals surface area contributed by atoms with Crippen molar-refractivity contribution in [2.45, 2.75) is 39.2 Å². The molecule has 5 nitrogen and oxygen atoms in total. The van der Waals surface area contributed by atoms with Gasteiger partial charge in [-0.15, -0.1) is 0 Å². The smallest absolute Gasteiger partial charge is 0.323 e. The van der Waals surface area contributed by atoms with Gasteiger partial charge in [0.25, 0.3) is 0 Å². The molecule has 0 spiro atoms. The summed E-state index contributed by atoms with van der Waals surface area (Å²) in [5.74, 6) is -1.03. The predicted molar refractivity (Wildman–Crippen MR) is 55.6 cm³/mol. The summed E-state index contributed by atoms with van der Waals surface area (Å²) < 4.78 is 0. The van der Waals surface area contributed by atoms with Gasteiger partial charge in [0, 0.05) is 6.04 Å². The van der Waals surface area contributed by atoms with Crippen LogP contribution in [0, 0.1) is 5.41 Å². The second-order valence-corrected chi connectivity index (χ2v) is 4.65. The predicted octanol–water partition coefficient (Wildman–Crippen LogP) is 0.949. The van der Waals surface area contributed by atoms with E-state index in [1.54, 1.807) is 0 Å². The van der Waals surface area contributed by atoms with Crippen LogP contribution in [0.25, 0.3) is 0 Å². The summed E-state index contributed by atoms with van der Waals surface area (Å²) in [6, 6.07) is -0.247. The Morgan fingerprint density at radius 2 is 2.13 bits per heavy atom. The monoisotopic (exact) mass is 214 g/mol. The van der Waals surface area contributed by atoms with Crippen LogP contribution in [0.4, 0.5) is 4.79 Å². The average Bonchev–Trinajstić information content (AvgIpc) is 2.43. The van der Waals surface area contributed by atoms with Crippen molar-refractivity contribution in [2.75, 3.05) is 6.54 Å². The summed E-state index contributed by atoms with van der Waals surface area (Å²) in [5.41, 5.74) is 0.112. The standard InChI is InChI=1S/C10H18N2O3/c1-10(2)5-3-4-7(10)12-9(15)11-6-8(13)14/h7H,3-6H2,1-2H3,(H,13,14)(H2,11,12,15). The molecule has 2 amide bonds. The lowest BCUT2D eigenvalue weighted by molar-refractivity contribution is -0.135. The number of amides is 2. The molecule has 1 atom stereocenters. The van der Waals surface area contributed by atoms with Gasteiger partial charge in [-0.25, -0.2) is 4.79 Å². The zero-order valence-electron chi connectivity index (χ0n) is 9.17. The van der Waals surface area contributed by atoms with Gasteiger partial charge in [0.15, 0.2) is 0 Å². The van der Waals surface area contributed by atoms with Crippen LogP contribution in [0.5, 0.6) is 0 Å². The third-order valence-electron chi connectivity index (χ3n) is 2.96. The normalized spacial score (nSPS) is 23.5. The molecule has 5 heteroatoms. The summed E-state index contributed by atoms with van der Waals surface area (Å²) >= 11 is 0. The Morgan fingerprint density at radius 1 is 1.47 bits per heavy atom. The van der Waals surface area contributed by atoms with Gasteiger partial charge in [-0.3, -0.25) is 4.79 Å². The Kier molecular flexibility index (Phi) is 3.55. The lowest BCUT2D eigenvalue weighted by atomic mass is 9.87. The van der Waals surface area contributed by atoms with E-state index in [1.165, 1.54) is 0 Å². The molecule has 0 aromatic rings. The van der Waals surface area contributed by atoms with Crippen molar-refractivity contribution >= 4 is 12.0 Å². The van der Waals surface area contributed by atoms with Crippen LogP contribution >= 0.6 is 0 Å². The van der Waals surface area contributed by atoms with Crippen molar-refractivity contribution in [1.82, 2.24) is 10.6 Å². The van der Waals surface area contributed by atoms with Crippen LogP contribution in [-0.2, 0) is 4.79 Å². The maximum Gasteiger partial charge on any atom is 0.323 e. The van der Waals surface area contributed by atoms with Crippen LogP contribution in [0.15, 0.2) is 0 Å². The second kappa shape index (κ2) is 4.51. The number of rotatable bonds is 3. The van der Waals surface area contributed by atoms with Crippen LogP contribution in [0.1, 0.15) is 33.1 Å². The van der Waals surface area contributed by atoms with E-state index in [4.69, 9.17) is 5.11 Å². The highest BCUT2D eigenvalue weighted by Crippen LogP contribution is 2.36. The van der Waals surface area contributed by atoms with E-state index >= 15 is 0 Å². The van der Waals surface area contributed by atoms with Gasteiger partial charge < -0.3 is 15.7 Å². The Hall–Kier alpha value is -1.26. The Morgan fingerprint density at radius 3 is 2.60 bits per heavy atom. The molecular formula is C10H18N2O3. The van der Waals surface area contributed by atoms with Crippen molar-refractivity contribution in [3.8, 4) is 0 Å². The van der Waals surface area contributed by atoms with E-state index in [0.29, 0.717) is 0 Å². The molecule has 86 valence electrons. The van der Waals surface area contributed by atoms with Crippen molar-refractivity contribution in [3.05, 3.63) is 0 Å². The summed E-state index contributed by atoms with van der Waals surface area (Å²) in [5, 5.41) is 13.5. The van der Waals surface area contributed by atoms with Gasteiger partial charge in [0.05, 0.1) is 0 Å². The minimum atomic E-state index is -1.03. The number of aliphatic carboxylic acids is 1. The maximum atomic E-state index is 11.3. The zero-order chi connectivity index (χ0) is 11.5. The highest BCUT2D eigenvalue weighted by molar-refractivity contribution is 5.80. The lowest BCUT2D eigenvalue weighted by Gasteiger charge is -2.27. The van der Waals surface area contributed by atoms with Gasteiger partial charge in [0.2, 0.25) is 0 Å². The van der Waals surface area contributed by atoms with Gasteiger partial charge >= 0.3 is 12.0 Å². The molecule has 15 heavy (non-hydrogen) atoms. The molecule has 1 aliphatic rings. The number of carboxylic acid groups (broad SMARTS) is 1. The molecule has 1 saturated carbocycles. The number of urea groups is 1. The average molecular weight is 214 g/mol. The Labute approximate surface area is 89.2 Å². The van der Waals surface area contributed by atoms with Crippen molar-refractivity contribution in [3.63, 3.8) is 0 Å². The highest BCUT2D eigenvalue weighted by atomic mass is 16.4. The van der Waals surface area contributed by atoms with Crippen LogP contribution in [-0.4, -0.2) is 29.7 Å². The van der Waals surface area contributed by atoms with Gasteiger partial charge in [-0.1, -0.05) is 20.3 Å². The second-order valence-electron chi connectivity index (χ2n) is 4.65. The fraction of sp³-hybridized carbons (Fsp3) is 0.800. The summed E-state index contributed by atoms with van der Waals surface area (Å²) in [6.07, 6.45) is 3.17. The molecule has 1 fully saturated rings. The molecule has 0 heterocycles. The van der Waals surface area contributed by atoms with E-state index in [1.807, 2.05) is 0 Å². The molecule has 1 unspecified atom stereocenters. The van der Waals surface area contributed by atoms with E-state index in [0.717, 1.165) is 19.3 Å². The fourth-order valence-corrected chi connectivity index (χ4v) is 1.96. The molecule has 3 N–H and O–H groups in total. The number of nitrogens with one attached hydrogen (secondary N) is 2. The van der Waals surface area contributed by atoms with Crippen LogP contribution in [0.2, 0.25) is 0 Å². The largest absolute Gasteiger partial charge is 0.480 e. The van der Waals surface area contributed by atoms with Crippen molar-refractivity contribution in [2.24, 2.45) is 5.41 Å². The molecule has 0 saturated heterocycles. The van der Waals surface area contributed by atoms with Crippen molar-refractivity contribution < 1.29 is 14.7 Å². The first kappa shape index (κ1) is 11.8. The first-order chi connectivity index (χ1) is 6.92. The third kappa shape index (κ3) is 3.42. The molecule has 0 aromatic carbocycles. The number of carbonyl (C=O) groups is 2. The molecule has 0 radical (unpaired) electrons. The number of carboxylic acids is 1. The molecular weight excluding hydrogens is 196 g/mol. The quantitative estimate of drug-likeness (QED) is 0.654.